The van der Waals surface area contributed by atoms with Gasteiger partial charge in [-0.1, -0.05) is 15.9 Å². The Labute approximate surface area is 118 Å². The maximum Gasteiger partial charge on any atom is 2.00 e. The van der Waals surface area contributed by atoms with E-state index < -0.39 is 0 Å². The van der Waals surface area contributed by atoms with Crippen molar-refractivity contribution < 1.29 is 2.85 Å². The van der Waals surface area contributed by atoms with E-state index in [9.17, 15) is 0 Å². The molecule has 4 heteroatoms. The van der Waals surface area contributed by atoms with Crippen molar-refractivity contribution >= 4 is 50.7 Å². The predicted octanol–water partition coefficient (Wildman–Crippen LogP) is 2.95. The molecule has 1 nitrogen and oxygen atoms in total. The fourth-order valence-corrected chi connectivity index (χ4v) is 2.16. The molecule has 0 saturated carbocycles. The van der Waals surface area contributed by atoms with Crippen molar-refractivity contribution in [3.63, 3.8) is 0 Å². The van der Waals surface area contributed by atoms with Gasteiger partial charge >= 0.3 is 23.1 Å². The number of hydrogen-bond acceptors (Lipinski definition) is 2. The maximum absolute atomic E-state index is 3.42. The van der Waals surface area contributed by atoms with E-state index in [1.165, 1.54) is 4.90 Å². The SMILES string of the molecule is CN(C)CCSc1ccc(Br)cc1.[H-].[H-].[Mg+2]. The molecular weight excluding hydrogens is 270 g/mol. The normalized spacial score (nSPS) is 10.0. The molecule has 0 amide bonds. The second kappa shape index (κ2) is 7.99. The van der Waals surface area contributed by atoms with Gasteiger partial charge < -0.3 is 7.75 Å². The first-order valence-electron chi connectivity index (χ1n) is 4.21. The first kappa shape index (κ1) is 14.8. The molecule has 0 unspecified atom stereocenters. The number of thioether (sulfide) groups is 1. The molecule has 0 fully saturated rings. The molecule has 1 aromatic rings. The van der Waals surface area contributed by atoms with E-state index >= 15 is 0 Å². The van der Waals surface area contributed by atoms with Crippen LogP contribution in [-0.4, -0.2) is 54.3 Å². The van der Waals surface area contributed by atoms with Crippen molar-refractivity contribution in [3.05, 3.63) is 28.7 Å². The smallest absolute Gasteiger partial charge is 1.00 e. The third-order valence-electron chi connectivity index (χ3n) is 1.62. The topological polar surface area (TPSA) is 3.24 Å². The summed E-state index contributed by atoms with van der Waals surface area (Å²) in [4.78, 5) is 3.54. The molecule has 14 heavy (non-hydrogen) atoms. The summed E-state index contributed by atoms with van der Waals surface area (Å²) in [5, 5.41) is 0. The molecule has 0 aliphatic heterocycles. The molecule has 0 atom stereocenters. The number of rotatable bonds is 4. The average Bonchev–Trinajstić information content (AvgIpc) is 2.08. The molecular formula is C10H16BrMgNS. The van der Waals surface area contributed by atoms with E-state index in [0.717, 1.165) is 16.8 Å². The van der Waals surface area contributed by atoms with Crippen LogP contribution < -0.4 is 0 Å². The van der Waals surface area contributed by atoms with Crippen LogP contribution >= 0.6 is 27.7 Å². The maximum atomic E-state index is 3.42. The van der Waals surface area contributed by atoms with Crippen LogP contribution in [-0.2, 0) is 0 Å². The van der Waals surface area contributed by atoms with Crippen LogP contribution in [0.2, 0.25) is 0 Å². The van der Waals surface area contributed by atoms with Crippen LogP contribution in [0.3, 0.4) is 0 Å². The summed E-state index contributed by atoms with van der Waals surface area (Å²) in [6, 6.07) is 8.45. The molecule has 0 bridgehead atoms. The van der Waals surface area contributed by atoms with Gasteiger partial charge in [0.15, 0.2) is 0 Å². The van der Waals surface area contributed by atoms with Gasteiger partial charge in [-0.2, -0.15) is 0 Å². The second-order valence-electron chi connectivity index (χ2n) is 3.11. The minimum atomic E-state index is 0. The summed E-state index contributed by atoms with van der Waals surface area (Å²) in [5.41, 5.74) is 0. The summed E-state index contributed by atoms with van der Waals surface area (Å²) >= 11 is 5.31. The second-order valence-corrected chi connectivity index (χ2v) is 5.19. The third-order valence-corrected chi connectivity index (χ3v) is 3.14. The van der Waals surface area contributed by atoms with E-state index in [-0.39, 0.29) is 25.9 Å². The Balaban J connectivity index is -0.000000563. The van der Waals surface area contributed by atoms with E-state index in [2.05, 4.69) is 59.2 Å². The molecule has 0 aliphatic rings. The van der Waals surface area contributed by atoms with Gasteiger partial charge in [-0.3, -0.25) is 0 Å². The van der Waals surface area contributed by atoms with E-state index in [1.807, 2.05) is 11.8 Å². The zero-order chi connectivity index (χ0) is 9.68. The van der Waals surface area contributed by atoms with Gasteiger partial charge in [0.2, 0.25) is 0 Å². The third kappa shape index (κ3) is 6.30. The van der Waals surface area contributed by atoms with Gasteiger partial charge in [0.05, 0.1) is 0 Å². The Kier molecular flexibility index (Phi) is 8.43. The molecule has 0 spiro atoms. The van der Waals surface area contributed by atoms with Crippen LogP contribution in [0, 0.1) is 0 Å². The van der Waals surface area contributed by atoms with Crippen molar-refractivity contribution in [2.45, 2.75) is 4.90 Å². The Bertz CT molecular complexity index is 260. The van der Waals surface area contributed by atoms with E-state index in [4.69, 9.17) is 0 Å². The van der Waals surface area contributed by atoms with E-state index in [0.29, 0.717) is 0 Å². The Hall–Kier alpha value is 0.776. The van der Waals surface area contributed by atoms with Crippen LogP contribution in [0.25, 0.3) is 0 Å². The predicted molar refractivity (Wildman–Crippen MR) is 71.4 cm³/mol. The van der Waals surface area contributed by atoms with Gasteiger partial charge in [-0.15, -0.1) is 11.8 Å². The van der Waals surface area contributed by atoms with Gasteiger partial charge in [0.25, 0.3) is 0 Å². The first-order chi connectivity index (χ1) is 6.18. The summed E-state index contributed by atoms with van der Waals surface area (Å²) in [6.45, 7) is 1.13. The van der Waals surface area contributed by atoms with Crippen molar-refractivity contribution in [2.24, 2.45) is 0 Å². The number of halogens is 1. The molecule has 1 rings (SSSR count). The fraction of sp³-hybridized carbons (Fsp3) is 0.400. The standard InChI is InChI=1S/C10H14BrNS.Mg.2H/c1-12(2)7-8-13-10-5-3-9(11)4-6-10;;;/h3-6H,7-8H2,1-2H3;;;/q;+2;2*-1. The minimum Gasteiger partial charge on any atom is -1.00 e. The molecule has 0 N–H and O–H groups in total. The Morgan fingerprint density at radius 2 is 1.86 bits per heavy atom. The number of benzene rings is 1. The molecule has 0 heterocycles. The summed E-state index contributed by atoms with van der Waals surface area (Å²) < 4.78 is 1.14. The molecule has 0 radical (unpaired) electrons. The summed E-state index contributed by atoms with van der Waals surface area (Å²) in [6.07, 6.45) is 0. The number of hydrogen-bond donors (Lipinski definition) is 0. The zero-order valence-corrected chi connectivity index (χ0v) is 12.5. The van der Waals surface area contributed by atoms with Crippen LogP contribution in [0.15, 0.2) is 33.6 Å². The summed E-state index contributed by atoms with van der Waals surface area (Å²) in [7, 11) is 4.20. The van der Waals surface area contributed by atoms with Crippen LogP contribution in [0.5, 0.6) is 0 Å². The minimum absolute atomic E-state index is 0. The average molecular weight is 287 g/mol. The molecule has 1 aromatic carbocycles. The van der Waals surface area contributed by atoms with Crippen molar-refractivity contribution in [1.29, 1.82) is 0 Å². The van der Waals surface area contributed by atoms with Gasteiger partial charge in [0, 0.05) is 21.7 Å². The summed E-state index contributed by atoms with van der Waals surface area (Å²) in [5.74, 6) is 1.15. The van der Waals surface area contributed by atoms with Gasteiger partial charge in [-0.25, -0.2) is 0 Å². The Morgan fingerprint density at radius 3 is 2.36 bits per heavy atom. The van der Waals surface area contributed by atoms with E-state index in [1.54, 1.807) is 0 Å². The van der Waals surface area contributed by atoms with Gasteiger partial charge in [0.1, 0.15) is 0 Å². The van der Waals surface area contributed by atoms with Crippen LogP contribution in [0.1, 0.15) is 2.85 Å². The Morgan fingerprint density at radius 1 is 1.29 bits per heavy atom. The zero-order valence-electron chi connectivity index (χ0n) is 10.7. The molecule has 0 saturated heterocycles. The molecule has 76 valence electrons. The van der Waals surface area contributed by atoms with Crippen molar-refractivity contribution in [3.8, 4) is 0 Å². The monoisotopic (exact) mass is 285 g/mol. The largest absolute Gasteiger partial charge is 2.00 e. The number of nitrogens with zero attached hydrogens (tertiary/aromatic N) is 1. The fourth-order valence-electron chi connectivity index (χ4n) is 0.877. The van der Waals surface area contributed by atoms with Crippen molar-refractivity contribution in [1.82, 2.24) is 4.90 Å². The first-order valence-corrected chi connectivity index (χ1v) is 5.99. The van der Waals surface area contributed by atoms with Crippen molar-refractivity contribution in [2.75, 3.05) is 26.4 Å². The quantitative estimate of drug-likeness (QED) is 0.618. The molecule has 0 aliphatic carbocycles. The molecule has 0 aromatic heterocycles. The van der Waals surface area contributed by atoms with Crippen LogP contribution in [0.4, 0.5) is 0 Å². The van der Waals surface area contributed by atoms with Gasteiger partial charge in [-0.05, 0) is 38.4 Å².